The molecule has 0 saturated carbocycles. The smallest absolute Gasteiger partial charge is 0.123 e. The Bertz CT molecular complexity index is 534. The molecule has 0 spiro atoms. The third-order valence-corrected chi connectivity index (χ3v) is 3.95. The van der Waals surface area contributed by atoms with Gasteiger partial charge >= 0.3 is 0 Å². The van der Waals surface area contributed by atoms with Gasteiger partial charge in [-0.05, 0) is 35.8 Å². The van der Waals surface area contributed by atoms with Gasteiger partial charge in [-0.3, -0.25) is 4.68 Å². The minimum Gasteiger partial charge on any atom is -0.496 e. The van der Waals surface area contributed by atoms with Crippen molar-refractivity contribution >= 4 is 15.9 Å². The molecular weight excluding hydrogens is 280 g/mol. The van der Waals surface area contributed by atoms with Gasteiger partial charge in [0.05, 0.1) is 29.5 Å². The molecule has 3 nitrogen and oxygen atoms in total. The Kier molecular flexibility index (Phi) is 3.52. The van der Waals surface area contributed by atoms with E-state index >= 15 is 0 Å². The van der Waals surface area contributed by atoms with Crippen molar-refractivity contribution in [1.82, 2.24) is 9.78 Å². The van der Waals surface area contributed by atoms with E-state index in [-0.39, 0.29) is 0 Å². The summed E-state index contributed by atoms with van der Waals surface area (Å²) in [5.74, 6) is 0.899. The summed E-state index contributed by atoms with van der Waals surface area (Å²) in [4.78, 5) is 0. The third kappa shape index (κ3) is 2.36. The number of nitrogens with zero attached hydrogens (tertiary/aromatic N) is 2. The topological polar surface area (TPSA) is 27.1 Å². The number of hydrogen-bond acceptors (Lipinski definition) is 2. The van der Waals surface area contributed by atoms with Crippen LogP contribution in [0.1, 0.15) is 17.0 Å². The Labute approximate surface area is 110 Å². The highest BCUT2D eigenvalue weighted by Gasteiger charge is 2.10. The second-order valence-corrected chi connectivity index (χ2v) is 4.75. The highest BCUT2D eigenvalue weighted by molar-refractivity contribution is 9.10. The molecule has 0 saturated heterocycles. The van der Waals surface area contributed by atoms with E-state index in [0.29, 0.717) is 0 Å². The van der Waals surface area contributed by atoms with Gasteiger partial charge in [-0.15, -0.1) is 0 Å². The lowest BCUT2D eigenvalue weighted by atomic mass is 10.2. The van der Waals surface area contributed by atoms with E-state index < -0.39 is 0 Å². The fraction of sp³-hybridized carbons (Fsp3) is 0.308. The Balaban J connectivity index is 2.34. The van der Waals surface area contributed by atoms with E-state index in [4.69, 9.17) is 4.74 Å². The standard InChI is InChI=1S/C13H15BrN2O/c1-9-13(14)10(2)16(15-9)8-11-6-4-5-7-12(11)17-3/h4-7H,8H2,1-3H3. The van der Waals surface area contributed by atoms with Crippen LogP contribution >= 0.6 is 15.9 Å². The molecule has 0 fully saturated rings. The fourth-order valence-corrected chi connectivity index (χ4v) is 2.11. The molecule has 0 unspecified atom stereocenters. The van der Waals surface area contributed by atoms with Gasteiger partial charge in [0.1, 0.15) is 5.75 Å². The van der Waals surface area contributed by atoms with Crippen LogP contribution in [0.3, 0.4) is 0 Å². The molecule has 1 aromatic heterocycles. The summed E-state index contributed by atoms with van der Waals surface area (Å²) in [7, 11) is 1.69. The van der Waals surface area contributed by atoms with Gasteiger partial charge < -0.3 is 4.74 Å². The fourth-order valence-electron chi connectivity index (χ4n) is 1.82. The Hall–Kier alpha value is -1.29. The second kappa shape index (κ2) is 4.92. The maximum Gasteiger partial charge on any atom is 0.123 e. The van der Waals surface area contributed by atoms with Crippen LogP contribution in [0, 0.1) is 13.8 Å². The van der Waals surface area contributed by atoms with Crippen molar-refractivity contribution in [1.29, 1.82) is 0 Å². The Morgan fingerprint density at radius 1 is 1.29 bits per heavy atom. The van der Waals surface area contributed by atoms with Crippen LogP contribution in [0.5, 0.6) is 5.75 Å². The van der Waals surface area contributed by atoms with Crippen molar-refractivity contribution in [3.8, 4) is 5.75 Å². The lowest BCUT2D eigenvalue weighted by molar-refractivity contribution is 0.407. The van der Waals surface area contributed by atoms with E-state index in [2.05, 4.69) is 34.0 Å². The highest BCUT2D eigenvalue weighted by Crippen LogP contribution is 2.23. The van der Waals surface area contributed by atoms with E-state index in [9.17, 15) is 0 Å². The van der Waals surface area contributed by atoms with Crippen molar-refractivity contribution in [2.75, 3.05) is 7.11 Å². The first kappa shape index (κ1) is 12.2. The van der Waals surface area contributed by atoms with Crippen molar-refractivity contribution in [3.05, 3.63) is 45.7 Å². The van der Waals surface area contributed by atoms with Gasteiger partial charge in [-0.1, -0.05) is 18.2 Å². The number of aryl methyl sites for hydroxylation is 1. The summed E-state index contributed by atoms with van der Waals surface area (Å²) >= 11 is 3.53. The number of hydrogen-bond donors (Lipinski definition) is 0. The highest BCUT2D eigenvalue weighted by atomic mass is 79.9. The Morgan fingerprint density at radius 2 is 2.00 bits per heavy atom. The lowest BCUT2D eigenvalue weighted by Gasteiger charge is -2.09. The summed E-state index contributed by atoms with van der Waals surface area (Å²) in [5, 5.41) is 4.49. The van der Waals surface area contributed by atoms with Crippen molar-refractivity contribution in [2.24, 2.45) is 0 Å². The van der Waals surface area contributed by atoms with Crippen LogP contribution in [0.4, 0.5) is 0 Å². The normalized spacial score (nSPS) is 10.6. The zero-order valence-corrected chi connectivity index (χ0v) is 11.8. The van der Waals surface area contributed by atoms with Gasteiger partial charge in [0.15, 0.2) is 0 Å². The number of para-hydroxylation sites is 1. The summed E-state index contributed by atoms with van der Waals surface area (Å²) in [6, 6.07) is 8.01. The first-order valence-electron chi connectivity index (χ1n) is 5.45. The SMILES string of the molecule is COc1ccccc1Cn1nc(C)c(Br)c1C. The number of methoxy groups -OCH3 is 1. The number of ether oxygens (including phenoxy) is 1. The molecule has 1 heterocycles. The van der Waals surface area contributed by atoms with E-state index in [1.165, 1.54) is 0 Å². The summed E-state index contributed by atoms with van der Waals surface area (Å²) < 4.78 is 8.40. The van der Waals surface area contributed by atoms with Gasteiger partial charge in [0.2, 0.25) is 0 Å². The molecule has 4 heteroatoms. The summed E-state index contributed by atoms with van der Waals surface area (Å²) in [6.45, 7) is 4.78. The molecule has 0 bridgehead atoms. The average molecular weight is 295 g/mol. The molecule has 0 N–H and O–H groups in total. The van der Waals surface area contributed by atoms with Crippen LogP contribution in [0.2, 0.25) is 0 Å². The third-order valence-electron chi connectivity index (χ3n) is 2.81. The maximum atomic E-state index is 5.34. The number of halogens is 1. The van der Waals surface area contributed by atoms with Crippen LogP contribution in [-0.4, -0.2) is 16.9 Å². The molecule has 17 heavy (non-hydrogen) atoms. The quantitative estimate of drug-likeness (QED) is 0.868. The molecule has 2 rings (SSSR count). The zero-order chi connectivity index (χ0) is 12.4. The molecule has 90 valence electrons. The van der Waals surface area contributed by atoms with Gasteiger partial charge in [0.25, 0.3) is 0 Å². The van der Waals surface area contributed by atoms with Gasteiger partial charge in [-0.25, -0.2) is 0 Å². The molecule has 0 aliphatic carbocycles. The minimum absolute atomic E-state index is 0.724. The molecule has 0 aliphatic rings. The molecule has 0 radical (unpaired) electrons. The number of aromatic nitrogens is 2. The molecule has 0 atom stereocenters. The molecule has 0 aliphatic heterocycles. The minimum atomic E-state index is 0.724. The first-order chi connectivity index (χ1) is 8.13. The van der Waals surface area contributed by atoms with Crippen LogP contribution in [0.25, 0.3) is 0 Å². The second-order valence-electron chi connectivity index (χ2n) is 3.95. The van der Waals surface area contributed by atoms with Crippen molar-refractivity contribution in [3.63, 3.8) is 0 Å². The molecule has 0 amide bonds. The van der Waals surface area contributed by atoms with Gasteiger partial charge in [-0.2, -0.15) is 5.10 Å². The molecule has 1 aromatic carbocycles. The predicted octanol–water partition coefficient (Wildman–Crippen LogP) is 3.32. The first-order valence-corrected chi connectivity index (χ1v) is 6.24. The summed E-state index contributed by atoms with van der Waals surface area (Å²) in [6.07, 6.45) is 0. The Morgan fingerprint density at radius 3 is 2.59 bits per heavy atom. The zero-order valence-electron chi connectivity index (χ0n) is 10.2. The van der Waals surface area contributed by atoms with E-state index in [0.717, 1.165) is 33.7 Å². The largest absolute Gasteiger partial charge is 0.496 e. The van der Waals surface area contributed by atoms with E-state index in [1.807, 2.05) is 29.8 Å². The lowest BCUT2D eigenvalue weighted by Crippen LogP contribution is -2.05. The van der Waals surface area contributed by atoms with Crippen LogP contribution < -0.4 is 4.74 Å². The number of rotatable bonds is 3. The van der Waals surface area contributed by atoms with Crippen molar-refractivity contribution in [2.45, 2.75) is 20.4 Å². The number of benzene rings is 1. The maximum absolute atomic E-state index is 5.34. The van der Waals surface area contributed by atoms with Crippen LogP contribution in [0.15, 0.2) is 28.7 Å². The predicted molar refractivity (Wildman–Crippen MR) is 71.5 cm³/mol. The summed E-state index contributed by atoms with van der Waals surface area (Å²) in [5.41, 5.74) is 3.28. The monoisotopic (exact) mass is 294 g/mol. The van der Waals surface area contributed by atoms with E-state index in [1.54, 1.807) is 7.11 Å². The van der Waals surface area contributed by atoms with Gasteiger partial charge in [0, 0.05) is 5.56 Å². The average Bonchev–Trinajstić information content (AvgIpc) is 2.58. The van der Waals surface area contributed by atoms with Crippen molar-refractivity contribution < 1.29 is 4.74 Å². The molecular formula is C13H15BrN2O. The van der Waals surface area contributed by atoms with Crippen LogP contribution in [-0.2, 0) is 6.54 Å². The molecule has 2 aromatic rings.